The SMILES string of the molecule is COB(C)c1ccc[n+]([C@H]2CC(O)[C@@H](COP(=O)([O-])[O-])O2)c1. The molecule has 0 amide bonds. The van der Waals surface area contributed by atoms with Gasteiger partial charge in [-0.3, -0.25) is 0 Å². The van der Waals surface area contributed by atoms with Crippen molar-refractivity contribution >= 4 is 20.2 Å². The predicted molar refractivity (Wildman–Crippen MR) is 73.0 cm³/mol. The van der Waals surface area contributed by atoms with Gasteiger partial charge in [-0.25, -0.2) is 0 Å². The topological polar surface area (TPSA) is 115 Å². The van der Waals surface area contributed by atoms with Crippen LogP contribution in [0.1, 0.15) is 12.6 Å². The molecule has 1 aliphatic heterocycles. The maximum absolute atomic E-state index is 10.5. The standard InChI is InChI=1S/C12H19BNO7P/c1-13(19-2)9-4-3-5-14(7-9)12-6-10(15)11(21-12)8-20-22(16,17)18/h3-5,7,10-12,15H,6,8H2,1-2H3,(H-,16,17,18)/p-1/t10?,11-,12-/m1/s1. The van der Waals surface area contributed by atoms with E-state index < -0.39 is 32.9 Å². The first-order chi connectivity index (χ1) is 10.3. The summed E-state index contributed by atoms with van der Waals surface area (Å²) in [5, 5.41) is 9.91. The Morgan fingerprint density at radius 1 is 1.59 bits per heavy atom. The van der Waals surface area contributed by atoms with E-state index >= 15 is 0 Å². The lowest BCUT2D eigenvalue weighted by Crippen LogP contribution is -2.45. The third-order valence-electron chi connectivity index (χ3n) is 3.60. The molecule has 2 rings (SSSR count). The van der Waals surface area contributed by atoms with Crippen LogP contribution >= 0.6 is 7.82 Å². The zero-order valence-corrected chi connectivity index (χ0v) is 13.2. The summed E-state index contributed by atoms with van der Waals surface area (Å²) >= 11 is 0. The van der Waals surface area contributed by atoms with Crippen LogP contribution in [0.3, 0.4) is 0 Å². The van der Waals surface area contributed by atoms with Gasteiger partial charge >= 0.3 is 6.92 Å². The minimum atomic E-state index is -5.08. The lowest BCUT2D eigenvalue weighted by molar-refractivity contribution is -0.758. The maximum atomic E-state index is 10.5. The quantitative estimate of drug-likeness (QED) is 0.362. The summed E-state index contributed by atoms with van der Waals surface area (Å²) in [6, 6.07) is 3.73. The molecule has 1 saturated heterocycles. The molecule has 3 atom stereocenters. The Morgan fingerprint density at radius 2 is 2.32 bits per heavy atom. The highest BCUT2D eigenvalue weighted by Gasteiger charge is 2.39. The number of phosphoric ester groups is 1. The largest absolute Gasteiger partial charge is 0.790 e. The third kappa shape index (κ3) is 4.60. The lowest BCUT2D eigenvalue weighted by atomic mass is 9.64. The summed E-state index contributed by atoms with van der Waals surface area (Å²) in [5.41, 5.74) is 0.936. The molecular weight excluding hydrogens is 312 g/mol. The van der Waals surface area contributed by atoms with Crippen molar-refractivity contribution in [1.82, 2.24) is 0 Å². The normalized spacial score (nSPS) is 25.4. The van der Waals surface area contributed by atoms with E-state index in [1.54, 1.807) is 17.9 Å². The van der Waals surface area contributed by atoms with Gasteiger partial charge in [-0.2, -0.15) is 4.57 Å². The molecule has 1 fully saturated rings. The van der Waals surface area contributed by atoms with E-state index in [1.165, 1.54) is 0 Å². The van der Waals surface area contributed by atoms with E-state index in [-0.39, 0.29) is 13.3 Å². The molecule has 1 aromatic heterocycles. The van der Waals surface area contributed by atoms with Crippen molar-refractivity contribution in [2.24, 2.45) is 0 Å². The van der Waals surface area contributed by atoms with Crippen LogP contribution in [-0.4, -0.2) is 37.9 Å². The van der Waals surface area contributed by atoms with E-state index in [0.29, 0.717) is 0 Å². The van der Waals surface area contributed by atoms with Gasteiger partial charge in [0.1, 0.15) is 6.10 Å². The fourth-order valence-corrected chi connectivity index (χ4v) is 2.61. The fourth-order valence-electron chi connectivity index (χ4n) is 2.28. The summed E-state index contributed by atoms with van der Waals surface area (Å²) in [4.78, 5) is 21.0. The Morgan fingerprint density at radius 3 is 2.95 bits per heavy atom. The fraction of sp³-hybridized carbons (Fsp3) is 0.583. The first-order valence-electron chi connectivity index (χ1n) is 6.84. The number of pyridine rings is 1. The zero-order valence-electron chi connectivity index (χ0n) is 12.3. The minimum absolute atomic E-state index is 0.0929. The third-order valence-corrected chi connectivity index (χ3v) is 4.07. The van der Waals surface area contributed by atoms with Crippen LogP contribution in [0.25, 0.3) is 0 Å². The summed E-state index contributed by atoms with van der Waals surface area (Å²) in [5.74, 6) is 0. The second kappa shape index (κ2) is 7.19. The second-order valence-corrected chi connectivity index (χ2v) is 6.29. The Labute approximate surface area is 129 Å². The Hall–Kier alpha value is -0.795. The van der Waals surface area contributed by atoms with Crippen molar-refractivity contribution < 1.29 is 37.9 Å². The van der Waals surface area contributed by atoms with Crippen LogP contribution in [0.15, 0.2) is 24.5 Å². The van der Waals surface area contributed by atoms with Crippen molar-refractivity contribution in [1.29, 1.82) is 0 Å². The first kappa shape index (κ1) is 17.6. The van der Waals surface area contributed by atoms with E-state index in [1.807, 2.05) is 25.2 Å². The Kier molecular flexibility index (Phi) is 5.73. The van der Waals surface area contributed by atoms with Gasteiger partial charge in [0.05, 0.1) is 27.0 Å². The zero-order chi connectivity index (χ0) is 16.3. The van der Waals surface area contributed by atoms with E-state index in [9.17, 15) is 19.5 Å². The molecule has 0 bridgehead atoms. The van der Waals surface area contributed by atoms with Gasteiger partial charge in [-0.1, -0.05) is 12.9 Å². The average molecular weight is 330 g/mol. The summed E-state index contributed by atoms with van der Waals surface area (Å²) in [6.45, 7) is 1.32. The van der Waals surface area contributed by atoms with Crippen molar-refractivity contribution in [2.45, 2.75) is 31.7 Å². The monoisotopic (exact) mass is 330 g/mol. The van der Waals surface area contributed by atoms with Crippen LogP contribution < -0.4 is 19.8 Å². The minimum Gasteiger partial charge on any atom is -0.790 e. The van der Waals surface area contributed by atoms with Crippen molar-refractivity contribution in [2.75, 3.05) is 13.7 Å². The van der Waals surface area contributed by atoms with Crippen LogP contribution in [0.4, 0.5) is 0 Å². The van der Waals surface area contributed by atoms with E-state index in [0.717, 1.165) is 5.46 Å². The number of aliphatic hydroxyl groups excluding tert-OH is 1. The molecule has 22 heavy (non-hydrogen) atoms. The van der Waals surface area contributed by atoms with E-state index in [4.69, 9.17) is 9.39 Å². The highest BCUT2D eigenvalue weighted by Crippen LogP contribution is 2.30. The molecule has 2 heterocycles. The molecular formula is C12H18BNO7P-. The van der Waals surface area contributed by atoms with Gasteiger partial charge in [0.25, 0.3) is 6.23 Å². The van der Waals surface area contributed by atoms with Crippen LogP contribution in [-0.2, 0) is 18.5 Å². The number of aromatic nitrogens is 1. The van der Waals surface area contributed by atoms with Crippen molar-refractivity contribution in [3.63, 3.8) is 0 Å². The number of rotatable bonds is 6. The summed E-state index contributed by atoms with van der Waals surface area (Å²) in [6.07, 6.45) is 1.64. The molecule has 0 aromatic carbocycles. The average Bonchev–Trinajstić information content (AvgIpc) is 2.85. The predicted octanol–water partition coefficient (Wildman–Crippen LogP) is -2.06. The first-order valence-corrected chi connectivity index (χ1v) is 8.30. The van der Waals surface area contributed by atoms with Gasteiger partial charge in [-0.15, -0.1) is 0 Å². The van der Waals surface area contributed by atoms with E-state index in [2.05, 4.69) is 4.52 Å². The van der Waals surface area contributed by atoms with Gasteiger partial charge in [0.2, 0.25) is 0 Å². The number of phosphoric acid groups is 1. The molecule has 8 nitrogen and oxygen atoms in total. The van der Waals surface area contributed by atoms with Crippen molar-refractivity contribution in [3.05, 3.63) is 24.5 Å². The van der Waals surface area contributed by atoms with Gasteiger partial charge < -0.3 is 33.4 Å². The second-order valence-electron chi connectivity index (χ2n) is 5.14. The lowest BCUT2D eigenvalue weighted by Gasteiger charge is -2.30. The van der Waals surface area contributed by atoms with Crippen LogP contribution in [0.2, 0.25) is 6.82 Å². The van der Waals surface area contributed by atoms with Crippen LogP contribution in [0, 0.1) is 0 Å². The Bertz CT molecular complexity index is 554. The molecule has 0 aliphatic carbocycles. The Balaban J connectivity index is 2.04. The maximum Gasteiger partial charge on any atom is 0.329 e. The molecule has 0 spiro atoms. The molecule has 1 aliphatic rings. The molecule has 1 N–H and O–H groups in total. The van der Waals surface area contributed by atoms with Crippen molar-refractivity contribution in [3.8, 4) is 0 Å². The number of hydrogen-bond acceptors (Lipinski definition) is 7. The number of nitrogens with zero attached hydrogens (tertiary/aromatic N) is 1. The molecule has 0 radical (unpaired) electrons. The van der Waals surface area contributed by atoms with Gasteiger partial charge in [-0.05, 0) is 0 Å². The number of ether oxygens (including phenoxy) is 1. The number of hydrogen-bond donors (Lipinski definition) is 1. The molecule has 0 saturated carbocycles. The molecule has 1 unspecified atom stereocenters. The molecule has 10 heteroatoms. The van der Waals surface area contributed by atoms with Gasteiger partial charge in [0, 0.05) is 18.6 Å². The van der Waals surface area contributed by atoms with Gasteiger partial charge in [0.15, 0.2) is 12.4 Å². The number of aliphatic hydroxyl groups is 1. The summed E-state index contributed by atoms with van der Waals surface area (Å²) in [7, 11) is -3.47. The highest BCUT2D eigenvalue weighted by atomic mass is 31.2. The smallest absolute Gasteiger partial charge is 0.329 e. The molecule has 1 aromatic rings. The highest BCUT2D eigenvalue weighted by molar-refractivity contribution is 7.43. The molecule has 122 valence electrons. The van der Waals surface area contributed by atoms with Crippen LogP contribution in [0.5, 0.6) is 0 Å². The summed E-state index contributed by atoms with van der Waals surface area (Å²) < 4.78 is 27.3.